The fraction of sp³-hybridized carbons (Fsp3) is 0.357. The van der Waals surface area contributed by atoms with Crippen molar-refractivity contribution in [2.75, 3.05) is 0 Å². The van der Waals surface area contributed by atoms with Crippen LogP contribution in [-0.2, 0) is 16.1 Å². The predicted octanol–water partition coefficient (Wildman–Crippen LogP) is 1.53. The molecule has 0 heterocycles. The van der Waals surface area contributed by atoms with Gasteiger partial charge in [-0.1, -0.05) is 26.0 Å². The molecule has 0 bridgehead atoms. The van der Waals surface area contributed by atoms with Gasteiger partial charge in [0.25, 0.3) is 0 Å². The summed E-state index contributed by atoms with van der Waals surface area (Å²) in [5.41, 5.74) is 1.33. The lowest BCUT2D eigenvalue weighted by atomic mass is 9.95. The highest BCUT2D eigenvalue weighted by Gasteiger charge is 2.25. The number of carboxylic acid groups (broad SMARTS) is 1. The molecule has 2 unspecified atom stereocenters. The van der Waals surface area contributed by atoms with E-state index in [1.54, 1.807) is 31.2 Å². The number of benzene rings is 1. The van der Waals surface area contributed by atoms with Crippen LogP contribution in [0.3, 0.4) is 0 Å². The maximum atomic E-state index is 11.8. The zero-order chi connectivity index (χ0) is 14.4. The third-order valence-electron chi connectivity index (χ3n) is 3.08. The highest BCUT2D eigenvalue weighted by molar-refractivity contribution is 5.84. The molecule has 1 amide bonds. The predicted molar refractivity (Wildman–Crippen MR) is 69.0 cm³/mol. The molecular formula is C14H16N2O3. The normalized spacial score (nSPS) is 13.1. The number of hydrogen-bond donors (Lipinski definition) is 2. The Labute approximate surface area is 111 Å². The van der Waals surface area contributed by atoms with Gasteiger partial charge in [0.05, 0.1) is 17.6 Å². The molecule has 0 saturated carbocycles. The molecule has 2 N–H and O–H groups in total. The molecule has 1 aromatic carbocycles. The van der Waals surface area contributed by atoms with Gasteiger partial charge in [-0.25, -0.2) is 0 Å². The first-order chi connectivity index (χ1) is 8.95. The van der Waals surface area contributed by atoms with Gasteiger partial charge < -0.3 is 10.4 Å². The van der Waals surface area contributed by atoms with Crippen molar-refractivity contribution in [1.29, 1.82) is 5.26 Å². The molecule has 0 fully saturated rings. The molecule has 0 aliphatic rings. The summed E-state index contributed by atoms with van der Waals surface area (Å²) in [6, 6.07) is 8.93. The summed E-state index contributed by atoms with van der Waals surface area (Å²) >= 11 is 0. The Morgan fingerprint density at radius 1 is 1.37 bits per heavy atom. The molecule has 0 aliphatic carbocycles. The minimum absolute atomic E-state index is 0.283. The largest absolute Gasteiger partial charge is 0.481 e. The van der Waals surface area contributed by atoms with Crippen LogP contribution in [0.5, 0.6) is 0 Å². The number of carbonyl (C=O) groups is 2. The van der Waals surface area contributed by atoms with Gasteiger partial charge in [-0.3, -0.25) is 9.59 Å². The summed E-state index contributed by atoms with van der Waals surface area (Å²) in [5.74, 6) is -2.63. The molecule has 100 valence electrons. The van der Waals surface area contributed by atoms with Crippen molar-refractivity contribution in [1.82, 2.24) is 5.32 Å². The molecule has 5 heteroatoms. The van der Waals surface area contributed by atoms with Gasteiger partial charge in [-0.15, -0.1) is 0 Å². The van der Waals surface area contributed by atoms with Crippen molar-refractivity contribution in [3.05, 3.63) is 35.4 Å². The third-order valence-corrected chi connectivity index (χ3v) is 3.08. The zero-order valence-corrected chi connectivity index (χ0v) is 10.9. The van der Waals surface area contributed by atoms with Crippen LogP contribution in [0.1, 0.15) is 25.0 Å². The molecule has 1 aromatic rings. The second kappa shape index (κ2) is 6.55. The summed E-state index contributed by atoms with van der Waals surface area (Å²) in [6.45, 7) is 3.37. The van der Waals surface area contributed by atoms with E-state index in [1.165, 1.54) is 6.92 Å². The van der Waals surface area contributed by atoms with Crippen LogP contribution in [-0.4, -0.2) is 17.0 Å². The van der Waals surface area contributed by atoms with Crippen LogP contribution < -0.4 is 5.32 Å². The van der Waals surface area contributed by atoms with Crippen LogP contribution in [0.25, 0.3) is 0 Å². The van der Waals surface area contributed by atoms with Crippen molar-refractivity contribution < 1.29 is 14.7 Å². The lowest BCUT2D eigenvalue weighted by Crippen LogP contribution is -2.34. The summed E-state index contributed by atoms with van der Waals surface area (Å²) < 4.78 is 0. The molecule has 1 rings (SSSR count). The number of amides is 1. The van der Waals surface area contributed by atoms with Gasteiger partial charge in [-0.2, -0.15) is 5.26 Å². The maximum Gasteiger partial charge on any atom is 0.307 e. The van der Waals surface area contributed by atoms with Crippen molar-refractivity contribution in [2.24, 2.45) is 11.8 Å². The van der Waals surface area contributed by atoms with Gasteiger partial charge >= 0.3 is 5.97 Å². The van der Waals surface area contributed by atoms with E-state index >= 15 is 0 Å². The van der Waals surface area contributed by atoms with Crippen LogP contribution in [0.4, 0.5) is 0 Å². The quantitative estimate of drug-likeness (QED) is 0.840. The highest BCUT2D eigenvalue weighted by atomic mass is 16.4. The standard InChI is InChI=1S/C14H16N2O3/c1-9(10(2)14(18)19)13(17)16-8-12-5-3-4-11(6-12)7-15/h3-6,9-10H,8H2,1-2H3,(H,16,17)(H,18,19). The Bertz CT molecular complexity index is 520. The smallest absolute Gasteiger partial charge is 0.307 e. The first-order valence-corrected chi connectivity index (χ1v) is 5.95. The lowest BCUT2D eigenvalue weighted by molar-refractivity contribution is -0.146. The molecular weight excluding hydrogens is 244 g/mol. The van der Waals surface area contributed by atoms with E-state index in [1.807, 2.05) is 6.07 Å². The Kier molecular flexibility index (Phi) is 5.07. The minimum Gasteiger partial charge on any atom is -0.481 e. The second-order valence-electron chi connectivity index (χ2n) is 4.45. The fourth-order valence-electron chi connectivity index (χ4n) is 1.54. The third kappa shape index (κ3) is 4.11. The van der Waals surface area contributed by atoms with E-state index in [2.05, 4.69) is 5.32 Å². The number of carboxylic acids is 1. The SMILES string of the molecule is CC(C(=O)O)C(C)C(=O)NCc1cccc(C#N)c1. The van der Waals surface area contributed by atoms with Crippen LogP contribution in [0.2, 0.25) is 0 Å². The van der Waals surface area contributed by atoms with E-state index in [9.17, 15) is 9.59 Å². The number of nitrogens with one attached hydrogen (secondary N) is 1. The topological polar surface area (TPSA) is 90.2 Å². The molecule has 0 saturated heterocycles. The van der Waals surface area contributed by atoms with Gasteiger partial charge in [-0.05, 0) is 17.7 Å². The van der Waals surface area contributed by atoms with E-state index < -0.39 is 17.8 Å². The first kappa shape index (κ1) is 14.7. The van der Waals surface area contributed by atoms with Crippen LogP contribution in [0.15, 0.2) is 24.3 Å². The van der Waals surface area contributed by atoms with E-state index in [0.717, 1.165) is 5.56 Å². The monoisotopic (exact) mass is 260 g/mol. The number of aliphatic carboxylic acids is 1. The average molecular weight is 260 g/mol. The fourth-order valence-corrected chi connectivity index (χ4v) is 1.54. The van der Waals surface area contributed by atoms with Crippen molar-refractivity contribution in [3.8, 4) is 6.07 Å². The summed E-state index contributed by atoms with van der Waals surface area (Å²) in [5, 5.41) is 20.3. The van der Waals surface area contributed by atoms with Crippen molar-refractivity contribution in [2.45, 2.75) is 20.4 Å². The van der Waals surface area contributed by atoms with Crippen LogP contribution >= 0.6 is 0 Å². The molecule has 0 aromatic heterocycles. The first-order valence-electron chi connectivity index (χ1n) is 5.95. The van der Waals surface area contributed by atoms with Crippen LogP contribution in [0, 0.1) is 23.2 Å². The molecule has 0 spiro atoms. The van der Waals surface area contributed by atoms with Gasteiger partial charge in [0.1, 0.15) is 0 Å². The van der Waals surface area contributed by atoms with E-state index in [0.29, 0.717) is 5.56 Å². The Morgan fingerprint density at radius 2 is 2.05 bits per heavy atom. The van der Waals surface area contributed by atoms with E-state index in [4.69, 9.17) is 10.4 Å². The molecule has 19 heavy (non-hydrogen) atoms. The number of carbonyl (C=O) groups excluding carboxylic acids is 1. The van der Waals surface area contributed by atoms with Gasteiger partial charge in [0.2, 0.25) is 5.91 Å². The molecule has 5 nitrogen and oxygen atoms in total. The Balaban J connectivity index is 2.59. The molecule has 0 radical (unpaired) electrons. The summed E-state index contributed by atoms with van der Waals surface area (Å²) in [7, 11) is 0. The minimum atomic E-state index is -0.992. The number of nitrogens with zero attached hydrogens (tertiary/aromatic N) is 1. The lowest BCUT2D eigenvalue weighted by Gasteiger charge is -2.15. The molecule has 2 atom stereocenters. The number of hydrogen-bond acceptors (Lipinski definition) is 3. The van der Waals surface area contributed by atoms with Crippen molar-refractivity contribution in [3.63, 3.8) is 0 Å². The number of rotatable bonds is 5. The van der Waals surface area contributed by atoms with Gasteiger partial charge in [0, 0.05) is 12.5 Å². The summed E-state index contributed by atoms with van der Waals surface area (Å²) in [6.07, 6.45) is 0. The maximum absolute atomic E-state index is 11.8. The highest BCUT2D eigenvalue weighted by Crippen LogP contribution is 2.11. The zero-order valence-electron chi connectivity index (χ0n) is 10.9. The van der Waals surface area contributed by atoms with Crippen molar-refractivity contribution >= 4 is 11.9 Å². The Morgan fingerprint density at radius 3 is 2.63 bits per heavy atom. The Hall–Kier alpha value is -2.35. The average Bonchev–Trinajstić information content (AvgIpc) is 2.43. The van der Waals surface area contributed by atoms with Gasteiger partial charge in [0.15, 0.2) is 0 Å². The molecule has 0 aliphatic heterocycles. The summed E-state index contributed by atoms with van der Waals surface area (Å²) in [4.78, 5) is 22.6. The number of nitriles is 1. The van der Waals surface area contributed by atoms with E-state index in [-0.39, 0.29) is 12.5 Å². The second-order valence-corrected chi connectivity index (χ2v) is 4.45.